The van der Waals surface area contributed by atoms with Crippen LogP contribution in [-0.4, -0.2) is 5.78 Å². The Labute approximate surface area is 147 Å². The third kappa shape index (κ3) is 3.84. The molecule has 0 bridgehead atoms. The van der Waals surface area contributed by atoms with Gasteiger partial charge in [-0.3, -0.25) is 4.79 Å². The first-order valence-electron chi connectivity index (χ1n) is 7.87. The molecule has 0 saturated heterocycles. The number of hydrogen-bond donors (Lipinski definition) is 0. The first-order valence-corrected chi connectivity index (χ1v) is 8.69. The van der Waals surface area contributed by atoms with Gasteiger partial charge in [-0.05, 0) is 48.9 Å². The van der Waals surface area contributed by atoms with E-state index >= 15 is 0 Å². The number of hydrogen-bond acceptors (Lipinski definition) is 2. The van der Waals surface area contributed by atoms with Crippen molar-refractivity contribution in [1.82, 2.24) is 0 Å². The first-order chi connectivity index (χ1) is 11.8. The maximum Gasteiger partial charge on any atom is 0.193 e. The molecule has 0 atom stereocenters. The number of allylic oxidation sites excluding steroid dienone is 2. The third-order valence-corrected chi connectivity index (χ3v) is 4.73. The van der Waals surface area contributed by atoms with E-state index in [0.717, 1.165) is 16.0 Å². The predicted molar refractivity (Wildman–Crippen MR) is 101 cm³/mol. The molecular formula is C22H18OS. The molecule has 3 rings (SSSR count). The minimum absolute atomic E-state index is 0.0555. The Morgan fingerprint density at radius 3 is 1.83 bits per heavy atom. The van der Waals surface area contributed by atoms with Crippen LogP contribution in [0.25, 0.3) is 5.57 Å². The number of carbonyl (C=O) groups excluding carboxylic acids is 1. The van der Waals surface area contributed by atoms with Crippen LogP contribution < -0.4 is 0 Å². The molecule has 0 aliphatic carbocycles. The van der Waals surface area contributed by atoms with Crippen LogP contribution in [-0.2, 0) is 0 Å². The maximum atomic E-state index is 12.8. The summed E-state index contributed by atoms with van der Waals surface area (Å²) in [7, 11) is 0. The number of benzene rings is 3. The third-order valence-electron chi connectivity index (χ3n) is 3.71. The van der Waals surface area contributed by atoms with Crippen molar-refractivity contribution < 1.29 is 4.79 Å². The molecule has 3 aromatic carbocycles. The second kappa shape index (κ2) is 7.80. The zero-order chi connectivity index (χ0) is 16.8. The summed E-state index contributed by atoms with van der Waals surface area (Å²) >= 11 is 1.69. The number of ketones is 1. The molecule has 0 unspecified atom stereocenters. The lowest BCUT2D eigenvalue weighted by Gasteiger charge is -2.08. The molecule has 3 aromatic rings. The van der Waals surface area contributed by atoms with Gasteiger partial charge in [0.2, 0.25) is 0 Å². The topological polar surface area (TPSA) is 17.1 Å². The van der Waals surface area contributed by atoms with Crippen LogP contribution in [0, 0.1) is 0 Å². The van der Waals surface area contributed by atoms with E-state index in [0.29, 0.717) is 5.56 Å². The van der Waals surface area contributed by atoms with Gasteiger partial charge in [0.15, 0.2) is 5.78 Å². The van der Waals surface area contributed by atoms with Gasteiger partial charge in [0.05, 0.1) is 0 Å². The van der Waals surface area contributed by atoms with Gasteiger partial charge < -0.3 is 0 Å². The van der Waals surface area contributed by atoms with E-state index < -0.39 is 0 Å². The summed E-state index contributed by atoms with van der Waals surface area (Å²) in [4.78, 5) is 15.1. The average molecular weight is 330 g/mol. The van der Waals surface area contributed by atoms with E-state index in [1.807, 2.05) is 85.8 Å². The van der Waals surface area contributed by atoms with Crippen molar-refractivity contribution in [2.75, 3.05) is 0 Å². The Morgan fingerprint density at radius 2 is 1.25 bits per heavy atom. The average Bonchev–Trinajstić information content (AvgIpc) is 2.65. The van der Waals surface area contributed by atoms with Crippen LogP contribution in [0.4, 0.5) is 0 Å². The minimum Gasteiger partial charge on any atom is -0.289 e. The molecule has 0 spiro atoms. The molecule has 0 N–H and O–H groups in total. The van der Waals surface area contributed by atoms with E-state index in [9.17, 15) is 4.79 Å². The SMILES string of the molecule is C/C=C(\C(=O)c1ccc(Sc2ccccc2)cc1)c1ccccc1. The van der Waals surface area contributed by atoms with Gasteiger partial charge in [0, 0.05) is 20.9 Å². The summed E-state index contributed by atoms with van der Waals surface area (Å²) in [5.41, 5.74) is 2.40. The predicted octanol–water partition coefficient (Wildman–Crippen LogP) is 6.12. The highest BCUT2D eigenvalue weighted by atomic mass is 32.2. The van der Waals surface area contributed by atoms with Gasteiger partial charge in [0.25, 0.3) is 0 Å². The fraction of sp³-hybridized carbons (Fsp3) is 0.0455. The molecule has 0 aliphatic heterocycles. The first kappa shape index (κ1) is 16.3. The highest BCUT2D eigenvalue weighted by molar-refractivity contribution is 7.99. The van der Waals surface area contributed by atoms with Crippen LogP contribution in [0.5, 0.6) is 0 Å². The Bertz CT molecular complexity index is 834. The second-order valence-corrected chi connectivity index (χ2v) is 6.48. The molecule has 0 aliphatic rings. The summed E-state index contributed by atoms with van der Waals surface area (Å²) in [5, 5.41) is 0. The van der Waals surface area contributed by atoms with E-state index in [1.165, 1.54) is 4.90 Å². The molecule has 0 saturated carbocycles. The van der Waals surface area contributed by atoms with E-state index in [-0.39, 0.29) is 5.78 Å². The van der Waals surface area contributed by atoms with Gasteiger partial charge in [-0.25, -0.2) is 0 Å². The normalized spacial score (nSPS) is 11.3. The smallest absolute Gasteiger partial charge is 0.193 e. The quantitative estimate of drug-likeness (QED) is 0.414. The highest BCUT2D eigenvalue weighted by Crippen LogP contribution is 2.28. The van der Waals surface area contributed by atoms with E-state index in [2.05, 4.69) is 12.1 Å². The van der Waals surface area contributed by atoms with Gasteiger partial charge in [-0.1, -0.05) is 66.4 Å². The number of carbonyl (C=O) groups is 1. The Hall–Kier alpha value is -2.58. The van der Waals surface area contributed by atoms with Crippen LogP contribution in [0.2, 0.25) is 0 Å². The van der Waals surface area contributed by atoms with Crippen molar-refractivity contribution >= 4 is 23.1 Å². The zero-order valence-electron chi connectivity index (χ0n) is 13.5. The fourth-order valence-electron chi connectivity index (χ4n) is 2.50. The summed E-state index contributed by atoms with van der Waals surface area (Å²) in [6.45, 7) is 1.90. The maximum absolute atomic E-state index is 12.8. The molecule has 0 fully saturated rings. The van der Waals surface area contributed by atoms with Gasteiger partial charge in [-0.15, -0.1) is 0 Å². The van der Waals surface area contributed by atoms with E-state index in [1.54, 1.807) is 11.8 Å². The molecule has 118 valence electrons. The Morgan fingerprint density at radius 1 is 0.708 bits per heavy atom. The molecule has 24 heavy (non-hydrogen) atoms. The summed E-state index contributed by atoms with van der Waals surface area (Å²) < 4.78 is 0. The second-order valence-electron chi connectivity index (χ2n) is 5.34. The molecular weight excluding hydrogens is 312 g/mol. The van der Waals surface area contributed by atoms with E-state index in [4.69, 9.17) is 0 Å². The van der Waals surface area contributed by atoms with Gasteiger partial charge >= 0.3 is 0 Å². The molecule has 0 amide bonds. The summed E-state index contributed by atoms with van der Waals surface area (Å²) in [6, 6.07) is 27.8. The van der Waals surface area contributed by atoms with Crippen molar-refractivity contribution in [2.45, 2.75) is 16.7 Å². The van der Waals surface area contributed by atoms with Crippen molar-refractivity contribution in [1.29, 1.82) is 0 Å². The zero-order valence-corrected chi connectivity index (χ0v) is 14.3. The number of rotatable bonds is 5. The Balaban J connectivity index is 1.79. The van der Waals surface area contributed by atoms with Crippen LogP contribution >= 0.6 is 11.8 Å². The van der Waals surface area contributed by atoms with Crippen LogP contribution in [0.1, 0.15) is 22.8 Å². The standard InChI is InChI=1S/C22H18OS/c1-2-21(17-9-5-3-6-10-17)22(23)18-13-15-20(16-14-18)24-19-11-7-4-8-12-19/h2-16H,1H3/b21-2-. The Kier molecular flexibility index (Phi) is 5.29. The van der Waals surface area contributed by atoms with Crippen molar-refractivity contribution in [3.05, 3.63) is 102 Å². The van der Waals surface area contributed by atoms with Crippen molar-refractivity contribution in [2.24, 2.45) is 0 Å². The van der Waals surface area contributed by atoms with Crippen LogP contribution in [0.3, 0.4) is 0 Å². The van der Waals surface area contributed by atoms with Crippen LogP contribution in [0.15, 0.2) is 101 Å². The lowest BCUT2D eigenvalue weighted by atomic mass is 9.97. The van der Waals surface area contributed by atoms with Gasteiger partial charge in [-0.2, -0.15) is 0 Å². The largest absolute Gasteiger partial charge is 0.289 e. The van der Waals surface area contributed by atoms with Crippen molar-refractivity contribution in [3.8, 4) is 0 Å². The lowest BCUT2D eigenvalue weighted by Crippen LogP contribution is -2.02. The summed E-state index contributed by atoms with van der Waals surface area (Å²) in [5.74, 6) is 0.0555. The number of Topliss-reactive ketones (excluding diaryl/α,β-unsaturated/α-hetero) is 1. The molecule has 2 heteroatoms. The molecule has 0 aromatic heterocycles. The minimum atomic E-state index is 0.0555. The molecule has 0 radical (unpaired) electrons. The fourth-order valence-corrected chi connectivity index (χ4v) is 3.34. The molecule has 0 heterocycles. The lowest BCUT2D eigenvalue weighted by molar-refractivity contribution is 0.105. The highest BCUT2D eigenvalue weighted by Gasteiger charge is 2.13. The summed E-state index contributed by atoms with van der Waals surface area (Å²) in [6.07, 6.45) is 1.88. The van der Waals surface area contributed by atoms with Crippen molar-refractivity contribution in [3.63, 3.8) is 0 Å². The molecule has 1 nitrogen and oxygen atoms in total. The van der Waals surface area contributed by atoms with Gasteiger partial charge in [0.1, 0.15) is 0 Å². The monoisotopic (exact) mass is 330 g/mol.